The minimum Gasteiger partial charge on any atom is -0.456 e. The molecule has 0 aliphatic heterocycles. The van der Waals surface area contributed by atoms with Gasteiger partial charge in [-0.15, -0.1) is 0 Å². The molecule has 0 aliphatic carbocycles. The third-order valence-electron chi connectivity index (χ3n) is 10.6. The van der Waals surface area contributed by atoms with Gasteiger partial charge in [-0.2, -0.15) is 0 Å². The highest BCUT2D eigenvalue weighted by atomic mass is 16.3. The Kier molecular flexibility index (Phi) is 6.04. The van der Waals surface area contributed by atoms with Gasteiger partial charge in [-0.1, -0.05) is 103 Å². The van der Waals surface area contributed by atoms with Gasteiger partial charge in [0.2, 0.25) is 0 Å². The summed E-state index contributed by atoms with van der Waals surface area (Å²) in [6.45, 7) is 0. The monoisotopic (exact) mass is 707 g/mol. The second-order valence-corrected chi connectivity index (χ2v) is 13.8. The Morgan fingerprint density at radius 3 is 1.47 bits per heavy atom. The van der Waals surface area contributed by atoms with E-state index in [1.165, 1.54) is 0 Å². The van der Waals surface area contributed by atoms with Crippen molar-refractivity contribution < 1.29 is 8.83 Å². The summed E-state index contributed by atoms with van der Waals surface area (Å²) < 4.78 is 14.2. The van der Waals surface area contributed by atoms with E-state index in [0.29, 0.717) is 28.7 Å². The number of pyridine rings is 1. The average Bonchev–Trinajstić information content (AvgIpc) is 3.94. The summed E-state index contributed by atoms with van der Waals surface area (Å²) in [5.74, 6) is 2.11. The van der Waals surface area contributed by atoms with Crippen molar-refractivity contribution in [1.82, 2.24) is 24.3 Å². The van der Waals surface area contributed by atoms with Crippen LogP contribution < -0.4 is 5.56 Å². The van der Waals surface area contributed by atoms with E-state index in [0.717, 1.165) is 87.9 Å². The lowest BCUT2D eigenvalue weighted by molar-refractivity contribution is 0.668. The van der Waals surface area contributed by atoms with Crippen LogP contribution in [-0.4, -0.2) is 24.3 Å². The predicted molar refractivity (Wildman–Crippen MR) is 217 cm³/mol. The number of rotatable bonds is 4. The van der Waals surface area contributed by atoms with E-state index in [9.17, 15) is 4.79 Å². The first-order valence-corrected chi connectivity index (χ1v) is 18.0. The molecule has 7 aromatic carbocycles. The van der Waals surface area contributed by atoms with Crippen LogP contribution in [0.25, 0.3) is 117 Å². The molecule has 12 aromatic rings. The Hall–Kier alpha value is -7.71. The molecule has 5 aromatic heterocycles. The summed E-state index contributed by atoms with van der Waals surface area (Å²) in [7, 11) is 0. The van der Waals surface area contributed by atoms with Crippen molar-refractivity contribution in [2.75, 3.05) is 0 Å². The largest absolute Gasteiger partial charge is 0.456 e. The fraction of sp³-hybridized carbons (Fsp3) is 0. The van der Waals surface area contributed by atoms with Gasteiger partial charge in [0, 0.05) is 54.6 Å². The Labute approximate surface area is 310 Å². The molecule has 8 heteroatoms. The van der Waals surface area contributed by atoms with Gasteiger partial charge >= 0.3 is 0 Å². The van der Waals surface area contributed by atoms with E-state index in [1.807, 2.05) is 127 Å². The highest BCUT2D eigenvalue weighted by Gasteiger charge is 2.20. The summed E-state index contributed by atoms with van der Waals surface area (Å²) in [5.41, 5.74) is 7.86. The van der Waals surface area contributed by atoms with Crippen LogP contribution in [0, 0.1) is 0 Å². The molecule has 0 bridgehead atoms. The van der Waals surface area contributed by atoms with Crippen LogP contribution in [0.3, 0.4) is 0 Å². The topological polar surface area (TPSA) is 99.3 Å². The summed E-state index contributed by atoms with van der Waals surface area (Å²) in [5, 5.41) is 6.75. The van der Waals surface area contributed by atoms with Gasteiger partial charge in [0.1, 0.15) is 28.2 Å². The number of furan rings is 2. The van der Waals surface area contributed by atoms with Crippen molar-refractivity contribution in [1.29, 1.82) is 0 Å². The van der Waals surface area contributed by atoms with Crippen LogP contribution in [0.4, 0.5) is 0 Å². The second kappa shape index (κ2) is 11.1. The fourth-order valence-electron chi connectivity index (χ4n) is 8.02. The molecular weight excluding hydrogens is 683 g/mol. The van der Waals surface area contributed by atoms with Crippen molar-refractivity contribution in [2.45, 2.75) is 0 Å². The SMILES string of the molecule is O=c1c2ccccc2c2cccc3nc(-c4ccc(-c5nc(-c6ccc7c(c6)oc6ccccc67)nc(-c6ccc7c(c6)oc6ccccc67)n5)cc4)n1c32. The maximum atomic E-state index is 13.9. The first-order chi connectivity index (χ1) is 27.1. The van der Waals surface area contributed by atoms with Gasteiger partial charge in [-0.05, 0) is 53.9 Å². The van der Waals surface area contributed by atoms with Crippen molar-refractivity contribution in [2.24, 2.45) is 0 Å². The summed E-state index contributed by atoms with van der Waals surface area (Å²) in [4.78, 5) is 34.0. The molecule has 0 spiro atoms. The zero-order valence-electron chi connectivity index (χ0n) is 28.9. The van der Waals surface area contributed by atoms with Crippen molar-refractivity contribution >= 4 is 71.1 Å². The lowest BCUT2D eigenvalue weighted by Gasteiger charge is -2.09. The second-order valence-electron chi connectivity index (χ2n) is 13.8. The Balaban J connectivity index is 1.02. The number of benzene rings is 7. The number of aromatic nitrogens is 5. The number of hydrogen-bond donors (Lipinski definition) is 0. The number of imidazole rings is 1. The van der Waals surface area contributed by atoms with E-state index >= 15 is 0 Å². The van der Waals surface area contributed by atoms with Crippen LogP contribution in [-0.2, 0) is 0 Å². The highest BCUT2D eigenvalue weighted by molar-refractivity contribution is 6.11. The fourth-order valence-corrected chi connectivity index (χ4v) is 8.02. The van der Waals surface area contributed by atoms with Crippen LogP contribution in [0.1, 0.15) is 0 Å². The molecule has 0 aliphatic rings. The maximum absolute atomic E-state index is 13.9. The number of hydrogen-bond acceptors (Lipinski definition) is 7. The minimum absolute atomic E-state index is 0.0922. The molecule has 0 unspecified atom stereocenters. The van der Waals surface area contributed by atoms with E-state index in [1.54, 1.807) is 4.40 Å². The van der Waals surface area contributed by atoms with Crippen molar-refractivity contribution in [3.05, 3.63) is 162 Å². The molecule has 0 amide bonds. The van der Waals surface area contributed by atoms with Gasteiger partial charge in [-0.3, -0.25) is 9.20 Å². The van der Waals surface area contributed by atoms with E-state index in [2.05, 4.69) is 24.3 Å². The van der Waals surface area contributed by atoms with Crippen LogP contribution >= 0.6 is 0 Å². The molecule has 256 valence electrons. The van der Waals surface area contributed by atoms with Gasteiger partial charge in [0.05, 0.1) is 11.0 Å². The average molecular weight is 708 g/mol. The number of para-hydroxylation sites is 3. The Morgan fingerprint density at radius 1 is 0.382 bits per heavy atom. The smallest absolute Gasteiger partial charge is 0.264 e. The van der Waals surface area contributed by atoms with Crippen molar-refractivity contribution in [3.8, 4) is 45.6 Å². The van der Waals surface area contributed by atoms with Crippen LogP contribution in [0.15, 0.2) is 165 Å². The number of nitrogens with zero attached hydrogens (tertiary/aromatic N) is 5. The van der Waals surface area contributed by atoms with E-state index < -0.39 is 0 Å². The van der Waals surface area contributed by atoms with E-state index in [-0.39, 0.29) is 5.56 Å². The molecule has 8 nitrogen and oxygen atoms in total. The quantitative estimate of drug-likeness (QED) is 0.168. The number of fused-ring (bicyclic) bond motifs is 8. The minimum atomic E-state index is -0.0922. The van der Waals surface area contributed by atoms with Gasteiger partial charge in [-0.25, -0.2) is 19.9 Å². The Morgan fingerprint density at radius 2 is 0.855 bits per heavy atom. The van der Waals surface area contributed by atoms with Crippen LogP contribution in [0.2, 0.25) is 0 Å². The molecule has 0 atom stereocenters. The van der Waals surface area contributed by atoms with E-state index in [4.69, 9.17) is 28.8 Å². The maximum Gasteiger partial charge on any atom is 0.264 e. The molecule has 55 heavy (non-hydrogen) atoms. The highest BCUT2D eigenvalue weighted by Crippen LogP contribution is 2.36. The van der Waals surface area contributed by atoms with Gasteiger partial charge in [0.25, 0.3) is 5.56 Å². The zero-order valence-corrected chi connectivity index (χ0v) is 28.9. The third kappa shape index (κ3) is 4.42. The van der Waals surface area contributed by atoms with Gasteiger partial charge < -0.3 is 8.83 Å². The molecule has 0 saturated carbocycles. The molecule has 0 radical (unpaired) electrons. The molecule has 0 saturated heterocycles. The molecular formula is C47H25N5O3. The van der Waals surface area contributed by atoms with Crippen LogP contribution in [0.5, 0.6) is 0 Å². The van der Waals surface area contributed by atoms with Gasteiger partial charge in [0.15, 0.2) is 17.5 Å². The molecule has 12 rings (SSSR count). The summed E-state index contributed by atoms with van der Waals surface area (Å²) >= 11 is 0. The third-order valence-corrected chi connectivity index (χ3v) is 10.6. The van der Waals surface area contributed by atoms with Crippen molar-refractivity contribution in [3.63, 3.8) is 0 Å². The molecule has 0 N–H and O–H groups in total. The first kappa shape index (κ1) is 29.8. The zero-order chi connectivity index (χ0) is 36.2. The predicted octanol–water partition coefficient (Wildman–Crippen LogP) is 11.1. The normalized spacial score (nSPS) is 12.1. The Bertz CT molecular complexity index is 3450. The molecule has 0 fully saturated rings. The lowest BCUT2D eigenvalue weighted by Crippen LogP contribution is -2.14. The summed E-state index contributed by atoms with van der Waals surface area (Å²) in [6.07, 6.45) is 0. The summed E-state index contributed by atoms with van der Waals surface area (Å²) in [6, 6.07) is 49.8. The molecule has 5 heterocycles. The lowest BCUT2D eigenvalue weighted by atomic mass is 10.1. The standard InChI is InChI=1S/C47H25N5O3/c53-47-36-11-2-1-8-30(36)35-12-7-13-37-42(35)52(47)46(48-37)27-18-16-26(17-19-27)43-49-44(28-20-22-33-31-9-3-5-14-38(31)54-40(33)24-28)51-45(50-43)29-21-23-34-32-10-4-6-15-39(32)55-41(34)25-29/h1-25H. The first-order valence-electron chi connectivity index (χ1n) is 18.0.